The molecule has 0 unspecified atom stereocenters. The maximum Gasteiger partial charge on any atom is 0.152 e. The zero-order chi connectivity index (χ0) is 25.5. The van der Waals surface area contributed by atoms with Crippen molar-refractivity contribution in [2.75, 3.05) is 11.9 Å². The molecule has 2 rings (SSSR count). The van der Waals surface area contributed by atoms with Gasteiger partial charge in [0.25, 0.3) is 0 Å². The van der Waals surface area contributed by atoms with Crippen molar-refractivity contribution in [3.63, 3.8) is 0 Å². The van der Waals surface area contributed by atoms with Crippen LogP contribution in [0, 0.1) is 19.8 Å². The number of benzene rings is 2. The zero-order valence-electron chi connectivity index (χ0n) is 21.3. The number of ketones is 1. The Morgan fingerprint density at radius 3 is 1.78 bits per heavy atom. The summed E-state index contributed by atoms with van der Waals surface area (Å²) in [7, 11) is 0. The summed E-state index contributed by atoms with van der Waals surface area (Å²) in [5.41, 5.74) is 5.71. The summed E-state index contributed by atoms with van der Waals surface area (Å²) in [4.78, 5) is 11.7. The number of carbonyl (C=O) groups is 1. The van der Waals surface area contributed by atoms with Gasteiger partial charge in [-0.2, -0.15) is 0 Å². The van der Waals surface area contributed by atoms with Gasteiger partial charge in [-0.05, 0) is 63.6 Å². The van der Waals surface area contributed by atoms with E-state index in [-0.39, 0.29) is 5.78 Å². The number of aryl methyl sites for hydroxylation is 1. The van der Waals surface area contributed by atoms with Gasteiger partial charge in [-0.15, -0.1) is 25.5 Å². The summed E-state index contributed by atoms with van der Waals surface area (Å²) in [5, 5.41) is 3.22. The first-order valence-electron chi connectivity index (χ1n) is 11.0. The van der Waals surface area contributed by atoms with Crippen LogP contribution in [-0.4, -0.2) is 12.3 Å². The molecular weight excluding hydrogens is 410 g/mol. The van der Waals surface area contributed by atoms with E-state index in [0.717, 1.165) is 21.7 Å². The lowest BCUT2D eigenvalue weighted by molar-refractivity contribution is -0.112. The fraction of sp³-hybridized carbons (Fsp3) is 0.345. The Morgan fingerprint density at radius 1 is 0.969 bits per heavy atom. The van der Waals surface area contributed by atoms with Gasteiger partial charge in [0.15, 0.2) is 5.78 Å². The average Bonchev–Trinajstić information content (AvgIpc) is 2.77. The van der Waals surface area contributed by atoms with Gasteiger partial charge in [-0.3, -0.25) is 4.79 Å². The molecule has 0 aliphatic carbocycles. The van der Waals surface area contributed by atoms with Crippen LogP contribution < -0.4 is 5.32 Å². The number of hydrogen-bond acceptors (Lipinski definition) is 3. The Bertz CT molecular complexity index is 784. The van der Waals surface area contributed by atoms with E-state index in [9.17, 15) is 4.79 Å². The highest BCUT2D eigenvalue weighted by molar-refractivity contribution is 7.80. The van der Waals surface area contributed by atoms with Crippen LogP contribution in [0.2, 0.25) is 0 Å². The predicted octanol–water partition coefficient (Wildman–Crippen LogP) is 8.64. The van der Waals surface area contributed by atoms with Crippen LogP contribution in [0.15, 0.2) is 71.7 Å². The Labute approximate surface area is 203 Å². The number of allylic oxidation sites excluding steroid dienone is 2. The number of rotatable bonds is 5. The highest BCUT2D eigenvalue weighted by Crippen LogP contribution is 2.12. The smallest absolute Gasteiger partial charge is 0.152 e. The van der Waals surface area contributed by atoms with E-state index in [0.29, 0.717) is 6.54 Å². The van der Waals surface area contributed by atoms with Crippen molar-refractivity contribution in [3.8, 4) is 12.8 Å². The normalized spacial score (nSPS) is 9.03. The van der Waals surface area contributed by atoms with E-state index in [1.165, 1.54) is 17.5 Å². The number of nitrogens with one attached hydrogen (secondary N) is 1. The molecule has 0 aromatic heterocycles. The minimum atomic E-state index is 0.0833. The Morgan fingerprint density at radius 2 is 1.41 bits per heavy atom. The van der Waals surface area contributed by atoms with Crippen LogP contribution in [-0.2, 0) is 4.79 Å². The maximum atomic E-state index is 10.8. The highest BCUT2D eigenvalue weighted by Gasteiger charge is 1.94. The number of hydrogen-bond donors (Lipinski definition) is 2. The molecule has 3 heteroatoms. The van der Waals surface area contributed by atoms with Gasteiger partial charge in [0.2, 0.25) is 0 Å². The lowest BCUT2D eigenvalue weighted by Crippen LogP contribution is -2.03. The highest BCUT2D eigenvalue weighted by atomic mass is 32.1. The largest absolute Gasteiger partial charge is 0.381 e. The molecule has 2 nitrogen and oxygen atoms in total. The van der Waals surface area contributed by atoms with E-state index in [2.05, 4.69) is 82.4 Å². The summed E-state index contributed by atoms with van der Waals surface area (Å²) >= 11 is 4.20. The third-order valence-corrected chi connectivity index (χ3v) is 3.73. The molecule has 0 aliphatic heterocycles. The molecular formula is C29H43NOS. The molecule has 0 radical (unpaired) electrons. The number of terminal acetylenes is 1. The minimum absolute atomic E-state index is 0.0833. The van der Waals surface area contributed by atoms with E-state index in [4.69, 9.17) is 0 Å². The molecule has 0 amide bonds. The van der Waals surface area contributed by atoms with Crippen molar-refractivity contribution >= 4 is 29.7 Å². The van der Waals surface area contributed by atoms with Crippen LogP contribution in [0.4, 0.5) is 5.69 Å². The zero-order valence-corrected chi connectivity index (χ0v) is 22.2. The van der Waals surface area contributed by atoms with Crippen LogP contribution in [0.1, 0.15) is 66.0 Å². The fourth-order valence-electron chi connectivity index (χ4n) is 2.06. The Balaban J connectivity index is -0.000000427. The van der Waals surface area contributed by atoms with Gasteiger partial charge in [0.1, 0.15) is 0 Å². The molecule has 0 saturated heterocycles. The predicted molar refractivity (Wildman–Crippen MR) is 150 cm³/mol. The molecule has 0 bridgehead atoms. The molecule has 2 aromatic carbocycles. The quantitative estimate of drug-likeness (QED) is 0.269. The van der Waals surface area contributed by atoms with Gasteiger partial charge in [-0.25, -0.2) is 0 Å². The molecule has 176 valence electrons. The monoisotopic (exact) mass is 453 g/mol. The van der Waals surface area contributed by atoms with Gasteiger partial charge in [0, 0.05) is 17.1 Å². The average molecular weight is 454 g/mol. The summed E-state index contributed by atoms with van der Waals surface area (Å²) < 4.78 is 0. The molecule has 32 heavy (non-hydrogen) atoms. The molecule has 1 N–H and O–H groups in total. The van der Waals surface area contributed by atoms with Crippen molar-refractivity contribution in [1.82, 2.24) is 0 Å². The van der Waals surface area contributed by atoms with Gasteiger partial charge >= 0.3 is 0 Å². The third-order valence-electron chi connectivity index (χ3n) is 3.43. The Kier molecular flexibility index (Phi) is 24.4. The molecule has 0 aliphatic rings. The molecule has 0 fully saturated rings. The second-order valence-corrected chi connectivity index (χ2v) is 7.37. The molecule has 0 saturated carbocycles. The second-order valence-electron chi connectivity index (χ2n) is 6.86. The first-order chi connectivity index (χ1) is 15.2. The first kappa shape index (κ1) is 33.9. The van der Waals surface area contributed by atoms with Crippen LogP contribution in [0.3, 0.4) is 0 Å². The summed E-state index contributed by atoms with van der Waals surface area (Å²) in [6.45, 7) is 20.4. The fourth-order valence-corrected chi connectivity index (χ4v) is 2.21. The lowest BCUT2D eigenvalue weighted by Gasteiger charge is -2.06. The molecule has 0 heterocycles. The summed E-state index contributed by atoms with van der Waals surface area (Å²) in [6, 6.07) is 16.2. The minimum Gasteiger partial charge on any atom is -0.381 e. The van der Waals surface area contributed by atoms with Gasteiger partial charge < -0.3 is 5.32 Å². The standard InChI is InChI=1S/C12H15NOS.C10H12.C3H8.C2H6.C2H2/c1-9(7-10(2)14)8-13-11-3-5-12(15)6-4-11;1-8(2)10-6-4-9(3)5-7-10;1-3-2;2*1-2/h3-7,13,15H,8H2,1-2H3;4-7H,1H2,2-3H3;3H2,1-2H3;1-2H3;1-2H/b9-7+;;;;. The van der Waals surface area contributed by atoms with Crippen molar-refractivity contribution in [3.05, 3.63) is 77.9 Å². The second kappa shape index (κ2) is 23.0. The van der Waals surface area contributed by atoms with Gasteiger partial charge in [0.05, 0.1) is 0 Å². The van der Waals surface area contributed by atoms with E-state index >= 15 is 0 Å². The molecule has 0 atom stereocenters. The maximum absolute atomic E-state index is 10.8. The summed E-state index contributed by atoms with van der Waals surface area (Å²) in [6.07, 6.45) is 10.9. The number of anilines is 1. The van der Waals surface area contributed by atoms with Crippen molar-refractivity contribution < 1.29 is 4.79 Å². The van der Waals surface area contributed by atoms with Crippen molar-refractivity contribution in [1.29, 1.82) is 0 Å². The van der Waals surface area contributed by atoms with E-state index in [1.54, 1.807) is 13.0 Å². The SMILES string of the molecule is C#C.C=C(C)c1ccc(C)cc1.CC.CC(=O)/C=C(\C)CNc1ccc(S)cc1.CCC. The number of thiol groups is 1. The first-order valence-corrected chi connectivity index (χ1v) is 11.4. The lowest BCUT2D eigenvalue weighted by atomic mass is 10.1. The number of carbonyl (C=O) groups excluding carboxylic acids is 1. The van der Waals surface area contributed by atoms with Crippen LogP contribution >= 0.6 is 12.6 Å². The van der Waals surface area contributed by atoms with Crippen molar-refractivity contribution in [2.45, 2.75) is 66.7 Å². The van der Waals surface area contributed by atoms with E-state index < -0.39 is 0 Å². The Hall–Kier alpha value is -2.70. The van der Waals surface area contributed by atoms with Crippen LogP contribution in [0.5, 0.6) is 0 Å². The topological polar surface area (TPSA) is 29.1 Å². The summed E-state index contributed by atoms with van der Waals surface area (Å²) in [5.74, 6) is 0.0833. The van der Waals surface area contributed by atoms with Crippen molar-refractivity contribution in [2.24, 2.45) is 0 Å². The van der Waals surface area contributed by atoms with Gasteiger partial charge in [-0.1, -0.05) is 81.7 Å². The molecule has 0 spiro atoms. The molecule has 2 aromatic rings. The van der Waals surface area contributed by atoms with Crippen LogP contribution in [0.25, 0.3) is 5.57 Å². The third kappa shape index (κ3) is 20.6. The van der Waals surface area contributed by atoms with E-state index in [1.807, 2.05) is 52.0 Å².